The molecule has 0 saturated heterocycles. The summed E-state index contributed by atoms with van der Waals surface area (Å²) < 4.78 is 2.33. The van der Waals surface area contributed by atoms with Crippen LogP contribution in [0.1, 0.15) is 29.5 Å². The lowest BCUT2D eigenvalue weighted by Gasteiger charge is -2.22. The van der Waals surface area contributed by atoms with Gasteiger partial charge in [0, 0.05) is 28.1 Å². The summed E-state index contributed by atoms with van der Waals surface area (Å²) in [7, 11) is 0. The number of allylic oxidation sites excluding steroid dienone is 4. The number of nitrogens with two attached hydrogens (primary N) is 1. The molecule has 4 aromatic carbocycles. The van der Waals surface area contributed by atoms with Gasteiger partial charge in [0.25, 0.3) is 0 Å². The molecule has 2 unspecified atom stereocenters. The summed E-state index contributed by atoms with van der Waals surface area (Å²) in [5, 5.41) is 2.49. The summed E-state index contributed by atoms with van der Waals surface area (Å²) in [5.41, 5.74) is 14.6. The Hall–Kier alpha value is -4.30. The number of benzene rings is 4. The molecule has 5 aromatic rings. The fourth-order valence-corrected chi connectivity index (χ4v) is 5.21. The van der Waals surface area contributed by atoms with Crippen LogP contribution in [0.5, 0.6) is 0 Å². The molecule has 0 bridgehead atoms. The number of hydrogen-bond donors (Lipinski definition) is 1. The van der Waals surface area contributed by atoms with E-state index < -0.39 is 0 Å². The van der Waals surface area contributed by atoms with Crippen molar-refractivity contribution in [3.8, 4) is 5.69 Å². The van der Waals surface area contributed by atoms with E-state index in [-0.39, 0.29) is 0 Å². The normalized spacial score (nSPS) is 17.6. The van der Waals surface area contributed by atoms with Gasteiger partial charge in [-0.05, 0) is 52.9 Å². The minimum absolute atomic E-state index is 0.294. The van der Waals surface area contributed by atoms with Crippen LogP contribution in [-0.4, -0.2) is 4.57 Å². The summed E-state index contributed by atoms with van der Waals surface area (Å²) >= 11 is 0. The van der Waals surface area contributed by atoms with Crippen molar-refractivity contribution in [2.45, 2.75) is 12.8 Å². The van der Waals surface area contributed by atoms with Gasteiger partial charge < -0.3 is 10.3 Å². The average Bonchev–Trinajstić information content (AvgIpc) is 3.21. The van der Waals surface area contributed by atoms with E-state index in [4.69, 9.17) is 5.73 Å². The van der Waals surface area contributed by atoms with Gasteiger partial charge in [-0.15, -0.1) is 0 Å². The van der Waals surface area contributed by atoms with Gasteiger partial charge in [-0.1, -0.05) is 104 Å². The smallest absolute Gasteiger partial charge is 0.0561 e. The van der Waals surface area contributed by atoms with Crippen LogP contribution in [-0.2, 0) is 0 Å². The van der Waals surface area contributed by atoms with Gasteiger partial charge in [-0.25, -0.2) is 0 Å². The number of nitrogens with zero attached hydrogens (tertiary/aromatic N) is 1. The average molecular weight is 453 g/mol. The van der Waals surface area contributed by atoms with Gasteiger partial charge in [0.1, 0.15) is 0 Å². The van der Waals surface area contributed by atoms with Gasteiger partial charge in [-0.2, -0.15) is 0 Å². The predicted octanol–water partition coefficient (Wildman–Crippen LogP) is 8.38. The minimum Gasteiger partial charge on any atom is -0.398 e. The molecule has 1 aliphatic rings. The zero-order valence-corrected chi connectivity index (χ0v) is 19.8. The standard InChI is InChI=1S/C33H28N2/c1-23-9-5-6-12-27(23)29-21-30-28-13-7-8-14-32(28)35(33(30)22-31(29)34)26-19-17-25(18-20-26)16-15-24-10-3-2-4-11-24/h2-23,27H,34H2,1H3/b16-15-. The second-order valence-electron chi connectivity index (χ2n) is 9.34. The molecule has 0 amide bonds. The van der Waals surface area contributed by atoms with E-state index in [0.717, 1.165) is 16.9 Å². The van der Waals surface area contributed by atoms with E-state index in [1.807, 2.05) is 6.07 Å². The summed E-state index contributed by atoms with van der Waals surface area (Å²) in [6.45, 7) is 2.26. The first-order valence-corrected chi connectivity index (χ1v) is 12.2. The third kappa shape index (κ3) is 3.87. The molecule has 2 atom stereocenters. The highest BCUT2D eigenvalue weighted by Crippen LogP contribution is 2.39. The van der Waals surface area contributed by atoms with E-state index in [9.17, 15) is 0 Å². The van der Waals surface area contributed by atoms with Gasteiger partial charge in [-0.3, -0.25) is 0 Å². The van der Waals surface area contributed by atoms with Crippen molar-refractivity contribution >= 4 is 39.6 Å². The topological polar surface area (TPSA) is 30.9 Å². The lowest BCUT2D eigenvalue weighted by Crippen LogP contribution is -2.10. The number of nitrogen functional groups attached to an aromatic ring is 1. The first-order valence-electron chi connectivity index (χ1n) is 12.2. The first-order chi connectivity index (χ1) is 17.2. The molecule has 0 fully saturated rings. The monoisotopic (exact) mass is 452 g/mol. The fraction of sp³-hybridized carbons (Fsp3) is 0.0909. The summed E-state index contributed by atoms with van der Waals surface area (Å²) in [4.78, 5) is 0. The van der Waals surface area contributed by atoms with E-state index in [0.29, 0.717) is 11.8 Å². The maximum absolute atomic E-state index is 6.69. The van der Waals surface area contributed by atoms with Crippen molar-refractivity contribution in [1.29, 1.82) is 0 Å². The molecular formula is C33H28N2. The Bertz CT molecular complexity index is 1600. The predicted molar refractivity (Wildman–Crippen MR) is 151 cm³/mol. The zero-order chi connectivity index (χ0) is 23.8. The molecule has 2 nitrogen and oxygen atoms in total. The van der Waals surface area contributed by atoms with Crippen LogP contribution in [0.15, 0.2) is 115 Å². The molecule has 1 heterocycles. The Morgan fingerprint density at radius 1 is 0.686 bits per heavy atom. The number of para-hydroxylation sites is 1. The second-order valence-corrected chi connectivity index (χ2v) is 9.34. The Kier molecular flexibility index (Phi) is 5.35. The number of rotatable bonds is 4. The first kappa shape index (κ1) is 21.2. The van der Waals surface area contributed by atoms with Crippen LogP contribution in [0.2, 0.25) is 0 Å². The number of fused-ring (bicyclic) bond motifs is 3. The van der Waals surface area contributed by atoms with Crippen molar-refractivity contribution in [2.24, 2.45) is 5.92 Å². The Balaban J connectivity index is 1.45. The number of hydrogen-bond acceptors (Lipinski definition) is 1. The van der Waals surface area contributed by atoms with Gasteiger partial charge in [0.2, 0.25) is 0 Å². The van der Waals surface area contributed by atoms with Crippen molar-refractivity contribution in [3.63, 3.8) is 0 Å². The molecule has 0 saturated carbocycles. The maximum atomic E-state index is 6.69. The lowest BCUT2D eigenvalue weighted by atomic mass is 9.83. The highest BCUT2D eigenvalue weighted by molar-refractivity contribution is 6.10. The third-order valence-corrected chi connectivity index (χ3v) is 7.07. The summed E-state index contributed by atoms with van der Waals surface area (Å²) in [6.07, 6.45) is 13.1. The zero-order valence-electron chi connectivity index (χ0n) is 19.8. The molecule has 6 rings (SSSR count). The SMILES string of the molecule is CC1C=CC=CC1c1cc2c3ccccc3n(-c3ccc(/C=C\c4ccccc4)cc3)c2cc1N. The second kappa shape index (κ2) is 8.81. The number of anilines is 1. The fourth-order valence-electron chi connectivity index (χ4n) is 5.21. The van der Waals surface area contributed by atoms with E-state index in [2.05, 4.69) is 133 Å². The highest BCUT2D eigenvalue weighted by atomic mass is 15.0. The Morgan fingerprint density at radius 2 is 1.37 bits per heavy atom. The van der Waals surface area contributed by atoms with Gasteiger partial charge in [0.15, 0.2) is 0 Å². The molecule has 1 aliphatic carbocycles. The minimum atomic E-state index is 0.294. The van der Waals surface area contributed by atoms with Gasteiger partial charge in [0.05, 0.1) is 11.0 Å². The molecule has 0 aliphatic heterocycles. The molecule has 35 heavy (non-hydrogen) atoms. The lowest BCUT2D eigenvalue weighted by molar-refractivity contribution is 0.637. The molecule has 1 aromatic heterocycles. The third-order valence-electron chi connectivity index (χ3n) is 7.07. The van der Waals surface area contributed by atoms with Crippen molar-refractivity contribution in [3.05, 3.63) is 132 Å². The van der Waals surface area contributed by atoms with E-state index >= 15 is 0 Å². The molecule has 0 radical (unpaired) electrons. The summed E-state index contributed by atoms with van der Waals surface area (Å²) in [5.74, 6) is 0.715. The molecule has 2 heteroatoms. The molecule has 0 spiro atoms. The largest absolute Gasteiger partial charge is 0.398 e. The van der Waals surface area contributed by atoms with Crippen LogP contribution in [0.4, 0.5) is 5.69 Å². The van der Waals surface area contributed by atoms with Crippen LogP contribution < -0.4 is 5.73 Å². The van der Waals surface area contributed by atoms with Crippen LogP contribution in [0.25, 0.3) is 39.6 Å². The Labute approximate surface area is 206 Å². The van der Waals surface area contributed by atoms with Crippen molar-refractivity contribution < 1.29 is 0 Å². The molecular weight excluding hydrogens is 424 g/mol. The van der Waals surface area contributed by atoms with E-state index in [1.54, 1.807) is 0 Å². The molecule has 2 N–H and O–H groups in total. The van der Waals surface area contributed by atoms with Crippen molar-refractivity contribution in [2.75, 3.05) is 5.73 Å². The van der Waals surface area contributed by atoms with Crippen LogP contribution in [0, 0.1) is 5.92 Å². The number of aromatic nitrogens is 1. The van der Waals surface area contributed by atoms with Crippen molar-refractivity contribution in [1.82, 2.24) is 4.57 Å². The summed E-state index contributed by atoms with van der Waals surface area (Å²) in [6, 6.07) is 32.2. The van der Waals surface area contributed by atoms with Gasteiger partial charge >= 0.3 is 0 Å². The molecule has 170 valence electrons. The van der Waals surface area contributed by atoms with Crippen LogP contribution in [0.3, 0.4) is 0 Å². The maximum Gasteiger partial charge on any atom is 0.0561 e. The quantitative estimate of drug-likeness (QED) is 0.215. The highest BCUT2D eigenvalue weighted by Gasteiger charge is 2.21. The Morgan fingerprint density at radius 3 is 2.14 bits per heavy atom. The van der Waals surface area contributed by atoms with E-state index in [1.165, 1.54) is 33.0 Å². The van der Waals surface area contributed by atoms with Crippen LogP contribution >= 0.6 is 0 Å².